The van der Waals surface area contributed by atoms with Crippen LogP contribution in [0.5, 0.6) is 0 Å². The Kier molecular flexibility index (Phi) is 2.97. The van der Waals surface area contributed by atoms with E-state index in [0.29, 0.717) is 11.0 Å². The van der Waals surface area contributed by atoms with E-state index in [2.05, 4.69) is 0 Å². The van der Waals surface area contributed by atoms with Gasteiger partial charge in [0.15, 0.2) is 0 Å². The van der Waals surface area contributed by atoms with Crippen LogP contribution in [0.4, 0.5) is 13.2 Å². The van der Waals surface area contributed by atoms with Gasteiger partial charge in [-0.15, -0.1) is 0 Å². The summed E-state index contributed by atoms with van der Waals surface area (Å²) < 4.78 is 46.0. The van der Waals surface area contributed by atoms with Crippen molar-refractivity contribution in [2.45, 2.75) is 13.1 Å². The van der Waals surface area contributed by atoms with E-state index >= 15 is 0 Å². The lowest BCUT2D eigenvalue weighted by atomic mass is 9.98. The third-order valence-electron chi connectivity index (χ3n) is 4.14. The van der Waals surface area contributed by atoms with Crippen molar-refractivity contribution in [1.82, 2.24) is 0 Å². The third kappa shape index (κ3) is 2.08. The second kappa shape index (κ2) is 4.84. The molecular weight excluding hydrogens is 317 g/mol. The van der Waals surface area contributed by atoms with Crippen LogP contribution in [0.2, 0.25) is 0 Å². The van der Waals surface area contributed by atoms with E-state index in [9.17, 15) is 18.0 Å². The van der Waals surface area contributed by atoms with E-state index in [-0.39, 0.29) is 21.7 Å². The Morgan fingerprint density at radius 1 is 0.917 bits per heavy atom. The van der Waals surface area contributed by atoms with Crippen LogP contribution in [0.25, 0.3) is 32.7 Å². The number of hydrogen-bond donors (Lipinski definition) is 0. The molecule has 0 spiro atoms. The first-order chi connectivity index (χ1) is 11.4. The molecule has 1 heterocycles. The zero-order chi connectivity index (χ0) is 17.1. The van der Waals surface area contributed by atoms with Gasteiger partial charge in [0.25, 0.3) is 0 Å². The van der Waals surface area contributed by atoms with Gasteiger partial charge in [0.05, 0.1) is 16.3 Å². The summed E-state index contributed by atoms with van der Waals surface area (Å²) in [4.78, 5) is 12.9. The fourth-order valence-electron chi connectivity index (χ4n) is 3.07. The predicted octanol–water partition coefficient (Wildman–Crippen LogP) is 5.43. The maximum atomic E-state index is 13.4. The second-order valence-electron chi connectivity index (χ2n) is 5.77. The van der Waals surface area contributed by atoms with Crippen molar-refractivity contribution in [3.8, 4) is 0 Å². The molecule has 3 aromatic carbocycles. The minimum Gasteiger partial charge on any atom is -0.456 e. The number of aryl methyl sites for hydroxylation is 1. The highest BCUT2D eigenvalue weighted by atomic mass is 19.4. The monoisotopic (exact) mass is 328 g/mol. The van der Waals surface area contributed by atoms with Crippen molar-refractivity contribution >= 4 is 32.7 Å². The average molecular weight is 328 g/mol. The van der Waals surface area contributed by atoms with Crippen LogP contribution in [0, 0.1) is 6.92 Å². The lowest BCUT2D eigenvalue weighted by molar-refractivity contribution is -0.136. The number of rotatable bonds is 0. The molecule has 0 aliphatic rings. The summed E-state index contributed by atoms with van der Waals surface area (Å²) in [7, 11) is 0. The van der Waals surface area contributed by atoms with Crippen LogP contribution < -0.4 is 5.43 Å². The zero-order valence-corrected chi connectivity index (χ0v) is 12.6. The molecule has 0 saturated heterocycles. The first-order valence-corrected chi connectivity index (χ1v) is 7.32. The first-order valence-electron chi connectivity index (χ1n) is 7.32. The molecule has 2 nitrogen and oxygen atoms in total. The highest BCUT2D eigenvalue weighted by Gasteiger charge is 2.33. The number of fused-ring (bicyclic) bond motifs is 4. The fourth-order valence-corrected chi connectivity index (χ4v) is 3.07. The zero-order valence-electron chi connectivity index (χ0n) is 12.6. The quantitative estimate of drug-likeness (QED) is 0.318. The molecular formula is C19H11F3O2. The summed E-state index contributed by atoms with van der Waals surface area (Å²) in [5.74, 6) is 0. The van der Waals surface area contributed by atoms with E-state index < -0.39 is 17.2 Å². The molecule has 0 saturated carbocycles. The lowest BCUT2D eigenvalue weighted by Crippen LogP contribution is -2.09. The molecule has 0 bridgehead atoms. The van der Waals surface area contributed by atoms with Crippen LogP contribution in [0.3, 0.4) is 0 Å². The van der Waals surface area contributed by atoms with Gasteiger partial charge >= 0.3 is 6.18 Å². The van der Waals surface area contributed by atoms with Gasteiger partial charge in [0.2, 0.25) is 5.43 Å². The van der Waals surface area contributed by atoms with Gasteiger partial charge in [-0.3, -0.25) is 4.79 Å². The molecule has 0 amide bonds. The average Bonchev–Trinajstić information content (AvgIpc) is 2.54. The summed E-state index contributed by atoms with van der Waals surface area (Å²) in [5.41, 5.74) is 0.0788. The highest BCUT2D eigenvalue weighted by molar-refractivity contribution is 6.10. The molecule has 1 aromatic heterocycles. The molecule has 0 unspecified atom stereocenters. The molecule has 0 aliphatic heterocycles. The molecule has 0 fully saturated rings. The fraction of sp³-hybridized carbons (Fsp3) is 0.105. The standard InChI is InChI=1S/C19H11F3O2/c1-10-5-7-14-12(9-10)18(23)17-15(24-14)8-6-11-3-2-4-13(16(11)17)19(20,21)22/h2-9H,1H3. The highest BCUT2D eigenvalue weighted by Crippen LogP contribution is 2.37. The van der Waals surface area contributed by atoms with E-state index in [1.807, 2.05) is 6.92 Å². The van der Waals surface area contributed by atoms with Crippen LogP contribution in [-0.4, -0.2) is 0 Å². The summed E-state index contributed by atoms with van der Waals surface area (Å²) in [5, 5.41) is 0.502. The molecule has 0 radical (unpaired) electrons. The molecule has 0 N–H and O–H groups in total. The molecule has 0 atom stereocenters. The minimum atomic E-state index is -4.55. The Morgan fingerprint density at radius 2 is 1.67 bits per heavy atom. The van der Waals surface area contributed by atoms with E-state index in [1.54, 1.807) is 30.3 Å². The molecule has 5 heteroatoms. The lowest BCUT2D eigenvalue weighted by Gasteiger charge is -2.12. The summed E-state index contributed by atoms with van der Waals surface area (Å²) in [6.45, 7) is 1.81. The van der Waals surface area contributed by atoms with E-state index in [0.717, 1.165) is 11.6 Å². The van der Waals surface area contributed by atoms with Gasteiger partial charge in [-0.05, 0) is 36.6 Å². The topological polar surface area (TPSA) is 30.2 Å². The Bertz CT molecular complexity index is 1170. The smallest absolute Gasteiger partial charge is 0.417 e. The Hall–Kier alpha value is -2.82. The van der Waals surface area contributed by atoms with E-state index in [4.69, 9.17) is 4.42 Å². The third-order valence-corrected chi connectivity index (χ3v) is 4.14. The van der Waals surface area contributed by atoms with Crippen LogP contribution in [0.1, 0.15) is 11.1 Å². The van der Waals surface area contributed by atoms with E-state index in [1.165, 1.54) is 12.1 Å². The van der Waals surface area contributed by atoms with Crippen molar-refractivity contribution < 1.29 is 17.6 Å². The number of halogens is 3. The molecule has 4 aromatic rings. The van der Waals surface area contributed by atoms with Gasteiger partial charge < -0.3 is 4.42 Å². The van der Waals surface area contributed by atoms with Gasteiger partial charge in [0, 0.05) is 5.39 Å². The summed E-state index contributed by atoms with van der Waals surface area (Å²) in [6.07, 6.45) is -4.55. The van der Waals surface area contributed by atoms with Crippen LogP contribution in [0.15, 0.2) is 57.7 Å². The Labute approximate surface area is 134 Å². The maximum absolute atomic E-state index is 13.4. The van der Waals surface area contributed by atoms with Crippen molar-refractivity contribution in [2.24, 2.45) is 0 Å². The largest absolute Gasteiger partial charge is 0.456 e. The Morgan fingerprint density at radius 3 is 2.42 bits per heavy atom. The van der Waals surface area contributed by atoms with Crippen molar-refractivity contribution in [2.75, 3.05) is 0 Å². The molecule has 0 aliphatic carbocycles. The van der Waals surface area contributed by atoms with Gasteiger partial charge in [0.1, 0.15) is 11.2 Å². The van der Waals surface area contributed by atoms with Gasteiger partial charge in [-0.25, -0.2) is 0 Å². The number of hydrogen-bond acceptors (Lipinski definition) is 2. The molecule has 24 heavy (non-hydrogen) atoms. The van der Waals surface area contributed by atoms with Crippen molar-refractivity contribution in [3.05, 3.63) is 69.9 Å². The Balaban J connectivity index is 2.32. The summed E-state index contributed by atoms with van der Waals surface area (Å²) in [6, 6.07) is 12.0. The van der Waals surface area contributed by atoms with Crippen LogP contribution in [-0.2, 0) is 6.18 Å². The molecule has 120 valence electrons. The molecule has 4 rings (SSSR count). The van der Waals surface area contributed by atoms with Gasteiger partial charge in [-0.2, -0.15) is 13.2 Å². The van der Waals surface area contributed by atoms with Gasteiger partial charge in [-0.1, -0.05) is 29.8 Å². The van der Waals surface area contributed by atoms with Crippen LogP contribution >= 0.6 is 0 Å². The minimum absolute atomic E-state index is 0.0291. The summed E-state index contributed by atoms with van der Waals surface area (Å²) >= 11 is 0. The predicted molar refractivity (Wildman–Crippen MR) is 87.2 cm³/mol. The normalized spacial score (nSPS) is 12.3. The first kappa shape index (κ1) is 14.8. The number of alkyl halides is 3. The maximum Gasteiger partial charge on any atom is 0.417 e. The number of benzene rings is 3. The van der Waals surface area contributed by atoms with Crippen molar-refractivity contribution in [3.63, 3.8) is 0 Å². The van der Waals surface area contributed by atoms with Crippen molar-refractivity contribution in [1.29, 1.82) is 0 Å². The SMILES string of the molecule is Cc1ccc2oc3ccc4cccc(C(F)(F)F)c4c3c(=O)c2c1. The second-order valence-corrected chi connectivity index (χ2v) is 5.77.